The van der Waals surface area contributed by atoms with Gasteiger partial charge in [0.1, 0.15) is 23.5 Å². The molecule has 0 aliphatic carbocycles. The number of ether oxygens (including phenoxy) is 1. The van der Waals surface area contributed by atoms with Gasteiger partial charge < -0.3 is 4.74 Å². The third kappa shape index (κ3) is 2.28. The van der Waals surface area contributed by atoms with Gasteiger partial charge in [-0.2, -0.15) is 5.10 Å². The molecule has 22 heavy (non-hydrogen) atoms. The van der Waals surface area contributed by atoms with E-state index in [-0.39, 0.29) is 11.4 Å². The Bertz CT molecular complexity index is 656. The summed E-state index contributed by atoms with van der Waals surface area (Å²) in [6.45, 7) is 2.45. The second kappa shape index (κ2) is 5.18. The molecular weight excluding hydrogens is 302 g/mol. The number of azide groups is 1. The predicted octanol–water partition coefficient (Wildman–Crippen LogP) is 2.88. The van der Waals surface area contributed by atoms with Crippen LogP contribution in [0.3, 0.4) is 0 Å². The van der Waals surface area contributed by atoms with Crippen molar-refractivity contribution >= 4 is 5.69 Å². The Morgan fingerprint density at radius 3 is 2.82 bits per heavy atom. The van der Waals surface area contributed by atoms with Crippen LogP contribution in [0.25, 0.3) is 10.4 Å². The van der Waals surface area contributed by atoms with Crippen LogP contribution in [0.2, 0.25) is 0 Å². The van der Waals surface area contributed by atoms with E-state index in [2.05, 4.69) is 15.1 Å². The molecule has 0 aromatic carbocycles. The lowest BCUT2D eigenvalue weighted by atomic mass is 9.82. The summed E-state index contributed by atoms with van der Waals surface area (Å²) in [7, 11) is 1.41. The summed E-state index contributed by atoms with van der Waals surface area (Å²) < 4.78 is 35.5. The summed E-state index contributed by atoms with van der Waals surface area (Å²) in [5.74, 6) is -3.39. The highest BCUT2D eigenvalue weighted by Crippen LogP contribution is 2.49. The van der Waals surface area contributed by atoms with Crippen LogP contribution in [0.5, 0.6) is 0 Å². The smallest absolute Gasteiger partial charge is 0.312 e. The van der Waals surface area contributed by atoms with Crippen LogP contribution in [-0.2, 0) is 11.8 Å². The molecule has 1 saturated heterocycles. The van der Waals surface area contributed by atoms with E-state index in [9.17, 15) is 18.9 Å². The number of alkyl halides is 2. The molecule has 0 amide bonds. The Hall–Kier alpha value is -2.26. The van der Waals surface area contributed by atoms with Gasteiger partial charge in [0.05, 0.1) is 11.0 Å². The van der Waals surface area contributed by atoms with E-state index in [1.54, 1.807) is 0 Å². The van der Waals surface area contributed by atoms with Crippen molar-refractivity contribution in [1.29, 1.82) is 0 Å². The summed E-state index contributed by atoms with van der Waals surface area (Å²) in [5.41, 5.74) is 6.02. The molecule has 0 spiro atoms. The van der Waals surface area contributed by atoms with Gasteiger partial charge in [-0.1, -0.05) is 5.11 Å². The molecule has 0 saturated carbocycles. The van der Waals surface area contributed by atoms with Crippen LogP contribution < -0.4 is 0 Å². The third-order valence-corrected chi connectivity index (χ3v) is 4.06. The first-order valence-corrected chi connectivity index (χ1v) is 6.40. The summed E-state index contributed by atoms with van der Waals surface area (Å²) in [6, 6.07) is 0. The van der Waals surface area contributed by atoms with Crippen molar-refractivity contribution in [2.24, 2.45) is 12.2 Å². The van der Waals surface area contributed by atoms with Gasteiger partial charge in [0.25, 0.3) is 5.92 Å². The number of rotatable bonds is 3. The first-order valence-electron chi connectivity index (χ1n) is 6.40. The lowest BCUT2D eigenvalue weighted by molar-refractivity contribution is -0.386. The SMILES string of the molecule is C[C@H]1O[C@@H](c2c([N+](=O)[O-])cnn2C)CC(F)(F)[C@@]1(C)N=[N+]=[N-]. The number of aryl methyl sites for hydroxylation is 1. The fourth-order valence-corrected chi connectivity index (χ4v) is 2.52. The summed E-state index contributed by atoms with van der Waals surface area (Å²) in [6.07, 6.45) is -2.21. The normalized spacial score (nSPS) is 30.6. The minimum Gasteiger partial charge on any atom is -0.368 e. The van der Waals surface area contributed by atoms with Crippen LogP contribution in [0.1, 0.15) is 32.1 Å². The van der Waals surface area contributed by atoms with Gasteiger partial charge >= 0.3 is 5.69 Å². The zero-order valence-corrected chi connectivity index (χ0v) is 12.1. The number of aromatic nitrogens is 2. The molecule has 0 bridgehead atoms. The highest BCUT2D eigenvalue weighted by atomic mass is 19.3. The molecule has 1 aromatic rings. The Balaban J connectivity index is 2.45. The molecule has 1 aliphatic heterocycles. The number of halogens is 2. The lowest BCUT2D eigenvalue weighted by Gasteiger charge is -2.45. The maximum Gasteiger partial charge on any atom is 0.312 e. The van der Waals surface area contributed by atoms with Crippen LogP contribution in [0.15, 0.2) is 11.3 Å². The Labute approximate surface area is 123 Å². The van der Waals surface area contributed by atoms with Gasteiger partial charge in [-0.3, -0.25) is 14.8 Å². The topological polar surface area (TPSA) is 119 Å². The fourth-order valence-electron chi connectivity index (χ4n) is 2.52. The van der Waals surface area contributed by atoms with Gasteiger partial charge in [0, 0.05) is 18.4 Å². The fraction of sp³-hybridized carbons (Fsp3) is 0.727. The molecule has 2 heterocycles. The highest BCUT2D eigenvalue weighted by Gasteiger charge is 2.59. The summed E-state index contributed by atoms with van der Waals surface area (Å²) in [4.78, 5) is 12.8. The van der Waals surface area contributed by atoms with E-state index in [4.69, 9.17) is 10.3 Å². The number of nitro groups is 1. The van der Waals surface area contributed by atoms with Crippen LogP contribution >= 0.6 is 0 Å². The lowest BCUT2D eigenvalue weighted by Crippen LogP contribution is -2.57. The van der Waals surface area contributed by atoms with Gasteiger partial charge in [-0.25, -0.2) is 8.78 Å². The average Bonchev–Trinajstić information content (AvgIpc) is 2.78. The van der Waals surface area contributed by atoms with Crippen molar-refractivity contribution < 1.29 is 18.4 Å². The van der Waals surface area contributed by atoms with E-state index in [0.717, 1.165) is 17.8 Å². The number of nitrogens with zero attached hydrogens (tertiary/aromatic N) is 6. The van der Waals surface area contributed by atoms with E-state index in [0.29, 0.717) is 0 Å². The minimum atomic E-state index is -3.39. The molecule has 1 aromatic heterocycles. The standard InChI is InChI=1S/C11H14F2N6O3/c1-6-10(2,16-17-14)11(12,13)4-8(22-6)9-7(19(20)21)5-15-18(9)3/h5-6,8H,4H2,1-3H3/t6-,8-,10+/m1/s1. The zero-order valence-electron chi connectivity index (χ0n) is 12.1. The molecule has 2 rings (SSSR count). The Morgan fingerprint density at radius 1 is 1.68 bits per heavy atom. The van der Waals surface area contributed by atoms with E-state index < -0.39 is 35.0 Å². The molecule has 1 fully saturated rings. The van der Waals surface area contributed by atoms with Crippen molar-refractivity contribution in [2.45, 2.75) is 43.9 Å². The van der Waals surface area contributed by atoms with E-state index in [1.165, 1.54) is 14.0 Å². The number of hydrogen-bond acceptors (Lipinski definition) is 5. The molecule has 0 N–H and O–H groups in total. The van der Waals surface area contributed by atoms with Gasteiger partial charge in [-0.15, -0.1) is 0 Å². The molecule has 11 heteroatoms. The Morgan fingerprint density at radius 2 is 2.32 bits per heavy atom. The van der Waals surface area contributed by atoms with Crippen LogP contribution in [-0.4, -0.2) is 32.3 Å². The van der Waals surface area contributed by atoms with Gasteiger partial charge in [-0.05, 0) is 19.4 Å². The van der Waals surface area contributed by atoms with Crippen molar-refractivity contribution in [3.63, 3.8) is 0 Å². The number of hydrogen-bond donors (Lipinski definition) is 0. The predicted molar refractivity (Wildman–Crippen MR) is 70.3 cm³/mol. The molecule has 1 aliphatic rings. The van der Waals surface area contributed by atoms with E-state index >= 15 is 0 Å². The Kier molecular flexibility index (Phi) is 3.80. The van der Waals surface area contributed by atoms with Gasteiger partial charge in [0.15, 0.2) is 0 Å². The first-order chi connectivity index (χ1) is 10.1. The third-order valence-electron chi connectivity index (χ3n) is 4.06. The molecular formula is C11H14F2N6O3. The quantitative estimate of drug-likeness (QED) is 0.280. The second-order valence-corrected chi connectivity index (χ2v) is 5.31. The minimum absolute atomic E-state index is 0.0421. The maximum absolute atomic E-state index is 14.5. The van der Waals surface area contributed by atoms with Crippen molar-refractivity contribution in [1.82, 2.24) is 9.78 Å². The molecule has 0 unspecified atom stereocenters. The van der Waals surface area contributed by atoms with Crippen molar-refractivity contribution in [2.75, 3.05) is 0 Å². The van der Waals surface area contributed by atoms with Crippen molar-refractivity contribution in [3.05, 3.63) is 32.4 Å². The maximum atomic E-state index is 14.5. The molecule has 3 atom stereocenters. The van der Waals surface area contributed by atoms with Gasteiger partial charge in [0.2, 0.25) is 0 Å². The highest BCUT2D eigenvalue weighted by molar-refractivity contribution is 5.35. The zero-order chi connectivity index (χ0) is 16.7. The second-order valence-electron chi connectivity index (χ2n) is 5.31. The monoisotopic (exact) mass is 316 g/mol. The van der Waals surface area contributed by atoms with E-state index in [1.807, 2.05) is 0 Å². The average molecular weight is 316 g/mol. The largest absolute Gasteiger partial charge is 0.368 e. The summed E-state index contributed by atoms with van der Waals surface area (Å²) >= 11 is 0. The summed E-state index contributed by atoms with van der Waals surface area (Å²) in [5, 5.41) is 17.9. The molecule has 9 nitrogen and oxygen atoms in total. The molecule has 120 valence electrons. The molecule has 0 radical (unpaired) electrons. The van der Waals surface area contributed by atoms with Crippen LogP contribution in [0.4, 0.5) is 14.5 Å². The van der Waals surface area contributed by atoms with Crippen molar-refractivity contribution in [3.8, 4) is 0 Å². The first kappa shape index (κ1) is 16.1. The van der Waals surface area contributed by atoms with Crippen LogP contribution in [0, 0.1) is 10.1 Å².